The predicted octanol–water partition coefficient (Wildman–Crippen LogP) is 1.87. The van der Waals surface area contributed by atoms with Gasteiger partial charge in [-0.1, -0.05) is 6.92 Å². The highest BCUT2D eigenvalue weighted by atomic mass is 16.1. The van der Waals surface area contributed by atoms with Crippen LogP contribution in [0.5, 0.6) is 0 Å². The number of hydrogen-bond acceptors (Lipinski definition) is 4. The fraction of sp³-hybridized carbons (Fsp3) is 0.750. The quantitative estimate of drug-likeness (QED) is 0.869. The number of nitrogens with one attached hydrogen (secondary N) is 1. The van der Waals surface area contributed by atoms with Crippen molar-refractivity contribution in [2.75, 3.05) is 24.5 Å². The van der Waals surface area contributed by atoms with Gasteiger partial charge in [0.2, 0.25) is 0 Å². The van der Waals surface area contributed by atoms with Crippen molar-refractivity contribution in [2.45, 2.75) is 52.6 Å². The molecule has 1 aromatic heterocycles. The summed E-state index contributed by atoms with van der Waals surface area (Å²) in [5, 5.41) is 3.39. The Morgan fingerprint density at radius 3 is 2.76 bits per heavy atom. The van der Waals surface area contributed by atoms with Crippen LogP contribution in [0.3, 0.4) is 0 Å². The van der Waals surface area contributed by atoms with Crippen molar-refractivity contribution in [3.05, 3.63) is 22.7 Å². The lowest BCUT2D eigenvalue weighted by Gasteiger charge is -2.33. The van der Waals surface area contributed by atoms with Crippen molar-refractivity contribution in [2.24, 2.45) is 5.92 Å². The zero-order valence-electron chi connectivity index (χ0n) is 13.5. The van der Waals surface area contributed by atoms with Gasteiger partial charge in [0.05, 0.1) is 0 Å². The van der Waals surface area contributed by atoms with Crippen LogP contribution in [0.1, 0.15) is 40.0 Å². The number of anilines is 1. The van der Waals surface area contributed by atoms with Crippen LogP contribution < -0.4 is 15.8 Å². The molecule has 0 unspecified atom stereocenters. The predicted molar refractivity (Wildman–Crippen MR) is 86.9 cm³/mol. The van der Waals surface area contributed by atoms with Crippen molar-refractivity contribution in [1.29, 1.82) is 0 Å². The highest BCUT2D eigenvalue weighted by molar-refractivity contribution is 5.37. The Bertz CT molecular complexity index is 491. The monoisotopic (exact) mass is 292 g/mol. The molecule has 0 atom stereocenters. The number of rotatable bonds is 6. The van der Waals surface area contributed by atoms with Crippen molar-refractivity contribution < 1.29 is 0 Å². The van der Waals surface area contributed by atoms with Crippen LogP contribution in [0, 0.1) is 5.92 Å². The Morgan fingerprint density at radius 1 is 1.43 bits per heavy atom. The van der Waals surface area contributed by atoms with E-state index in [4.69, 9.17) is 0 Å². The summed E-state index contributed by atoms with van der Waals surface area (Å²) < 4.78 is 1.78. The van der Waals surface area contributed by atoms with E-state index in [9.17, 15) is 4.79 Å². The molecule has 0 radical (unpaired) electrons. The molecule has 0 spiro atoms. The van der Waals surface area contributed by atoms with Crippen LogP contribution in [0.4, 0.5) is 5.82 Å². The molecule has 0 bridgehead atoms. The number of aromatic nitrogens is 2. The molecule has 1 N–H and O–H groups in total. The van der Waals surface area contributed by atoms with Crippen LogP contribution >= 0.6 is 0 Å². The topological polar surface area (TPSA) is 50.2 Å². The molecule has 1 aliphatic heterocycles. The molecule has 0 amide bonds. The van der Waals surface area contributed by atoms with Crippen LogP contribution in [-0.2, 0) is 6.54 Å². The molecule has 2 rings (SSSR count). The van der Waals surface area contributed by atoms with Crippen molar-refractivity contribution in [3.8, 4) is 0 Å². The summed E-state index contributed by atoms with van der Waals surface area (Å²) in [6.07, 6.45) is 6.86. The summed E-state index contributed by atoms with van der Waals surface area (Å²) in [5.41, 5.74) is 0.0435. The van der Waals surface area contributed by atoms with E-state index in [-0.39, 0.29) is 11.6 Å². The lowest BCUT2D eigenvalue weighted by molar-refractivity contribution is 0.366. The number of piperidine rings is 1. The lowest BCUT2D eigenvalue weighted by Crippen LogP contribution is -2.43. The zero-order chi connectivity index (χ0) is 15.2. The third-order valence-electron chi connectivity index (χ3n) is 4.17. The summed E-state index contributed by atoms with van der Waals surface area (Å²) in [6, 6.07) is 0.289. The second-order valence-electron chi connectivity index (χ2n) is 6.19. The molecule has 0 aliphatic carbocycles. The molecular weight excluding hydrogens is 264 g/mol. The molecule has 1 aromatic rings. The first-order valence-corrected chi connectivity index (χ1v) is 8.16. The second-order valence-corrected chi connectivity index (χ2v) is 6.19. The molecule has 0 aromatic carbocycles. The maximum Gasteiger partial charge on any atom is 0.293 e. The van der Waals surface area contributed by atoms with Gasteiger partial charge in [0.25, 0.3) is 5.56 Å². The second kappa shape index (κ2) is 7.59. The SMILES string of the molecule is CCCn1ccnc(N(CC2CCNCC2)C(C)C)c1=O. The summed E-state index contributed by atoms with van der Waals surface area (Å²) in [5.74, 6) is 1.26. The molecule has 0 saturated carbocycles. The molecular formula is C16H28N4O. The van der Waals surface area contributed by atoms with Gasteiger partial charge in [-0.05, 0) is 52.1 Å². The fourth-order valence-corrected chi connectivity index (χ4v) is 2.93. The first-order chi connectivity index (χ1) is 10.1. The van der Waals surface area contributed by atoms with Gasteiger partial charge in [0, 0.05) is 31.5 Å². The van der Waals surface area contributed by atoms with E-state index < -0.39 is 0 Å². The Kier molecular flexibility index (Phi) is 5.79. The van der Waals surface area contributed by atoms with Crippen LogP contribution in [0.2, 0.25) is 0 Å². The van der Waals surface area contributed by atoms with Gasteiger partial charge in [-0.25, -0.2) is 4.98 Å². The Balaban J connectivity index is 2.21. The maximum absolute atomic E-state index is 12.6. The average Bonchev–Trinajstić information content (AvgIpc) is 2.48. The Hall–Kier alpha value is -1.36. The van der Waals surface area contributed by atoms with E-state index in [2.05, 4.69) is 36.0 Å². The maximum atomic E-state index is 12.6. The number of nitrogens with zero attached hydrogens (tertiary/aromatic N) is 3. The van der Waals surface area contributed by atoms with Gasteiger partial charge in [0.15, 0.2) is 5.82 Å². The van der Waals surface area contributed by atoms with E-state index in [0.29, 0.717) is 11.7 Å². The number of aryl methyl sites for hydroxylation is 1. The third-order valence-corrected chi connectivity index (χ3v) is 4.17. The van der Waals surface area contributed by atoms with Gasteiger partial charge in [0.1, 0.15) is 0 Å². The summed E-state index contributed by atoms with van der Waals surface area (Å²) in [4.78, 5) is 19.2. The van der Waals surface area contributed by atoms with Gasteiger partial charge < -0.3 is 14.8 Å². The smallest absolute Gasteiger partial charge is 0.293 e. The fourth-order valence-electron chi connectivity index (χ4n) is 2.93. The van der Waals surface area contributed by atoms with Gasteiger partial charge in [-0.2, -0.15) is 0 Å². The van der Waals surface area contributed by atoms with Crippen LogP contribution in [0.25, 0.3) is 0 Å². The number of hydrogen-bond donors (Lipinski definition) is 1. The third kappa shape index (κ3) is 4.06. The van der Waals surface area contributed by atoms with E-state index in [1.807, 2.05) is 0 Å². The van der Waals surface area contributed by atoms with E-state index >= 15 is 0 Å². The zero-order valence-corrected chi connectivity index (χ0v) is 13.5. The van der Waals surface area contributed by atoms with Crippen molar-refractivity contribution in [1.82, 2.24) is 14.9 Å². The van der Waals surface area contributed by atoms with E-state index in [0.717, 1.165) is 32.6 Å². The van der Waals surface area contributed by atoms with E-state index in [1.165, 1.54) is 12.8 Å². The van der Waals surface area contributed by atoms with Crippen molar-refractivity contribution >= 4 is 5.82 Å². The first-order valence-electron chi connectivity index (χ1n) is 8.16. The minimum atomic E-state index is 0.0435. The molecule has 1 aliphatic rings. The molecule has 21 heavy (non-hydrogen) atoms. The standard InChI is InChI=1S/C16H28N4O/c1-4-10-19-11-9-18-15(16(19)21)20(13(2)3)12-14-5-7-17-8-6-14/h9,11,13-14,17H,4-8,10,12H2,1-3H3. The normalized spacial score (nSPS) is 16.4. The van der Waals surface area contributed by atoms with Gasteiger partial charge in [-0.3, -0.25) is 4.79 Å². The minimum Gasteiger partial charge on any atom is -0.349 e. The van der Waals surface area contributed by atoms with Crippen LogP contribution in [-0.4, -0.2) is 35.2 Å². The Morgan fingerprint density at radius 2 is 2.14 bits per heavy atom. The molecule has 5 nitrogen and oxygen atoms in total. The summed E-state index contributed by atoms with van der Waals surface area (Å²) >= 11 is 0. The summed E-state index contributed by atoms with van der Waals surface area (Å²) in [7, 11) is 0. The minimum absolute atomic E-state index is 0.0435. The average molecular weight is 292 g/mol. The largest absolute Gasteiger partial charge is 0.349 e. The highest BCUT2D eigenvalue weighted by Gasteiger charge is 2.22. The van der Waals surface area contributed by atoms with Gasteiger partial charge >= 0.3 is 0 Å². The Labute approximate surface area is 127 Å². The molecule has 5 heteroatoms. The summed E-state index contributed by atoms with van der Waals surface area (Å²) in [6.45, 7) is 10.2. The first kappa shape index (κ1) is 16.0. The molecule has 118 valence electrons. The van der Waals surface area contributed by atoms with Crippen LogP contribution in [0.15, 0.2) is 17.2 Å². The molecule has 2 heterocycles. The lowest BCUT2D eigenvalue weighted by atomic mass is 9.97. The van der Waals surface area contributed by atoms with Crippen molar-refractivity contribution in [3.63, 3.8) is 0 Å². The molecule has 1 fully saturated rings. The molecule has 1 saturated heterocycles. The highest BCUT2D eigenvalue weighted by Crippen LogP contribution is 2.18. The van der Waals surface area contributed by atoms with E-state index in [1.54, 1.807) is 17.0 Å². The van der Waals surface area contributed by atoms with Gasteiger partial charge in [-0.15, -0.1) is 0 Å².